The maximum atomic E-state index is 14.2. The molecule has 0 atom stereocenters. The summed E-state index contributed by atoms with van der Waals surface area (Å²) in [6.07, 6.45) is -4.74. The molecule has 204 valence electrons. The standard InChI is InChI=1S/C32H21F3N2O4/c1-16-4-8-21(17(2)12-16)22-11-7-20(15-27(22)32(33,34)35)37-30(40)24-10-6-19(14-26(24)31(37)41)18-5-9-23-25(13-18)29(39)36(3)28(23)38/h4-15H,1-3H3. The molecule has 0 aliphatic carbocycles. The zero-order valence-electron chi connectivity index (χ0n) is 22.1. The van der Waals surface area contributed by atoms with E-state index in [0.717, 1.165) is 21.4 Å². The van der Waals surface area contributed by atoms with Crippen molar-refractivity contribution in [1.82, 2.24) is 4.90 Å². The molecular weight excluding hydrogens is 533 g/mol. The summed E-state index contributed by atoms with van der Waals surface area (Å²) in [6, 6.07) is 17.8. The second-order valence-electron chi connectivity index (χ2n) is 10.2. The third kappa shape index (κ3) is 4.04. The van der Waals surface area contributed by atoms with Gasteiger partial charge in [-0.3, -0.25) is 24.1 Å². The van der Waals surface area contributed by atoms with Crippen LogP contribution < -0.4 is 4.90 Å². The van der Waals surface area contributed by atoms with Crippen LogP contribution in [0.2, 0.25) is 0 Å². The van der Waals surface area contributed by atoms with Crippen molar-refractivity contribution in [3.05, 3.63) is 112 Å². The molecule has 2 heterocycles. The molecular formula is C32H21F3N2O4. The second-order valence-corrected chi connectivity index (χ2v) is 10.2. The first-order valence-electron chi connectivity index (χ1n) is 12.7. The largest absolute Gasteiger partial charge is 0.417 e. The van der Waals surface area contributed by atoms with Crippen LogP contribution in [0.15, 0.2) is 72.8 Å². The van der Waals surface area contributed by atoms with Gasteiger partial charge in [-0.2, -0.15) is 13.2 Å². The quantitative estimate of drug-likeness (QED) is 0.265. The number of carbonyl (C=O) groups excluding carboxylic acids is 4. The lowest BCUT2D eigenvalue weighted by Crippen LogP contribution is -2.29. The fourth-order valence-electron chi connectivity index (χ4n) is 5.45. The molecule has 0 spiro atoms. The Morgan fingerprint density at radius 2 is 1.07 bits per heavy atom. The number of nitrogens with zero attached hydrogens (tertiary/aromatic N) is 2. The van der Waals surface area contributed by atoms with E-state index in [9.17, 15) is 32.3 Å². The molecule has 9 heteroatoms. The van der Waals surface area contributed by atoms with Gasteiger partial charge in [0.1, 0.15) is 0 Å². The molecule has 0 saturated carbocycles. The van der Waals surface area contributed by atoms with Gasteiger partial charge in [-0.15, -0.1) is 0 Å². The van der Waals surface area contributed by atoms with E-state index in [2.05, 4.69) is 0 Å². The predicted molar refractivity (Wildman–Crippen MR) is 146 cm³/mol. The summed E-state index contributed by atoms with van der Waals surface area (Å²) in [7, 11) is 1.39. The maximum absolute atomic E-state index is 14.2. The van der Waals surface area contributed by atoms with Crippen LogP contribution in [0.5, 0.6) is 0 Å². The van der Waals surface area contributed by atoms with Gasteiger partial charge < -0.3 is 0 Å². The SMILES string of the molecule is Cc1ccc(-c2ccc(N3C(=O)c4ccc(-c5ccc6c(c5)C(=O)N(C)C6=O)cc4C3=O)cc2C(F)(F)F)c(C)c1. The Kier molecular flexibility index (Phi) is 5.74. The molecule has 4 aromatic rings. The number of hydrogen-bond donors (Lipinski definition) is 0. The van der Waals surface area contributed by atoms with E-state index < -0.39 is 35.4 Å². The van der Waals surface area contributed by atoms with Crippen LogP contribution in [0.25, 0.3) is 22.3 Å². The molecule has 0 fully saturated rings. The number of halogens is 3. The van der Waals surface area contributed by atoms with Crippen molar-refractivity contribution >= 4 is 29.3 Å². The van der Waals surface area contributed by atoms with Gasteiger partial charge in [0.2, 0.25) is 0 Å². The molecule has 6 nitrogen and oxygen atoms in total. The van der Waals surface area contributed by atoms with E-state index in [0.29, 0.717) is 22.3 Å². The van der Waals surface area contributed by atoms with E-state index in [1.807, 2.05) is 6.92 Å². The normalized spacial score (nSPS) is 14.7. The predicted octanol–water partition coefficient (Wildman–Crippen LogP) is 6.68. The first-order chi connectivity index (χ1) is 19.4. The van der Waals surface area contributed by atoms with Crippen LogP contribution in [-0.4, -0.2) is 35.6 Å². The highest BCUT2D eigenvalue weighted by atomic mass is 19.4. The second kappa shape index (κ2) is 8.99. The van der Waals surface area contributed by atoms with Gasteiger partial charge in [0.25, 0.3) is 23.6 Å². The lowest BCUT2D eigenvalue weighted by molar-refractivity contribution is -0.137. The fourth-order valence-corrected chi connectivity index (χ4v) is 5.45. The number of alkyl halides is 3. The maximum Gasteiger partial charge on any atom is 0.417 e. The Morgan fingerprint density at radius 3 is 1.68 bits per heavy atom. The van der Waals surface area contributed by atoms with Crippen molar-refractivity contribution in [2.45, 2.75) is 20.0 Å². The summed E-state index contributed by atoms with van der Waals surface area (Å²) < 4.78 is 42.7. The molecule has 0 saturated heterocycles. The van der Waals surface area contributed by atoms with Crippen molar-refractivity contribution in [3.8, 4) is 22.3 Å². The summed E-state index contributed by atoms with van der Waals surface area (Å²) in [5.41, 5.74) is 2.41. The molecule has 0 bridgehead atoms. The summed E-state index contributed by atoms with van der Waals surface area (Å²) in [4.78, 5) is 53.1. The molecule has 2 aliphatic rings. The smallest absolute Gasteiger partial charge is 0.277 e. The third-order valence-electron chi connectivity index (χ3n) is 7.55. The number of amides is 4. The van der Waals surface area contributed by atoms with Gasteiger partial charge >= 0.3 is 6.18 Å². The monoisotopic (exact) mass is 554 g/mol. The number of imide groups is 2. The number of anilines is 1. The van der Waals surface area contributed by atoms with Crippen molar-refractivity contribution in [2.24, 2.45) is 0 Å². The molecule has 4 amide bonds. The van der Waals surface area contributed by atoms with Gasteiger partial charge in [0, 0.05) is 7.05 Å². The van der Waals surface area contributed by atoms with E-state index in [1.54, 1.807) is 43.3 Å². The molecule has 41 heavy (non-hydrogen) atoms. The van der Waals surface area contributed by atoms with Gasteiger partial charge in [-0.05, 0) is 78.1 Å². The Bertz CT molecular complexity index is 1860. The minimum atomic E-state index is -4.74. The van der Waals surface area contributed by atoms with Crippen LogP contribution in [0.1, 0.15) is 58.1 Å². The van der Waals surface area contributed by atoms with Gasteiger partial charge in [-0.25, -0.2) is 4.90 Å². The van der Waals surface area contributed by atoms with Crippen molar-refractivity contribution in [1.29, 1.82) is 0 Å². The first-order valence-corrected chi connectivity index (χ1v) is 12.7. The highest BCUT2D eigenvalue weighted by molar-refractivity contribution is 6.34. The molecule has 0 aromatic heterocycles. The van der Waals surface area contributed by atoms with Gasteiger partial charge in [0.05, 0.1) is 33.5 Å². The molecule has 6 rings (SSSR count). The van der Waals surface area contributed by atoms with Crippen LogP contribution >= 0.6 is 0 Å². The van der Waals surface area contributed by atoms with E-state index >= 15 is 0 Å². The third-order valence-corrected chi connectivity index (χ3v) is 7.55. The Balaban J connectivity index is 1.39. The number of rotatable bonds is 3. The van der Waals surface area contributed by atoms with Crippen LogP contribution in [0.4, 0.5) is 18.9 Å². The molecule has 0 unspecified atom stereocenters. The average Bonchev–Trinajstić information content (AvgIpc) is 3.31. The number of carbonyl (C=O) groups is 4. The van der Waals surface area contributed by atoms with E-state index in [4.69, 9.17) is 0 Å². The van der Waals surface area contributed by atoms with Crippen LogP contribution in [-0.2, 0) is 6.18 Å². The van der Waals surface area contributed by atoms with Crippen LogP contribution in [0, 0.1) is 13.8 Å². The average molecular weight is 555 g/mol. The van der Waals surface area contributed by atoms with Crippen molar-refractivity contribution in [3.63, 3.8) is 0 Å². The Morgan fingerprint density at radius 1 is 0.561 bits per heavy atom. The fraction of sp³-hybridized carbons (Fsp3) is 0.125. The number of aryl methyl sites for hydroxylation is 2. The van der Waals surface area contributed by atoms with Gasteiger partial charge in [-0.1, -0.05) is 42.0 Å². The Labute approximate surface area is 232 Å². The molecule has 4 aromatic carbocycles. The van der Waals surface area contributed by atoms with Crippen molar-refractivity contribution < 1.29 is 32.3 Å². The number of benzene rings is 4. The number of hydrogen-bond acceptors (Lipinski definition) is 4. The zero-order chi connectivity index (χ0) is 29.4. The highest BCUT2D eigenvalue weighted by Gasteiger charge is 2.40. The molecule has 0 N–H and O–H groups in total. The first kappa shape index (κ1) is 26.2. The van der Waals surface area contributed by atoms with E-state index in [-0.39, 0.29) is 33.5 Å². The highest BCUT2D eigenvalue weighted by Crippen LogP contribution is 2.42. The topological polar surface area (TPSA) is 74.8 Å². The van der Waals surface area contributed by atoms with Gasteiger partial charge in [0.15, 0.2) is 0 Å². The zero-order valence-corrected chi connectivity index (χ0v) is 22.1. The van der Waals surface area contributed by atoms with Crippen LogP contribution in [0.3, 0.4) is 0 Å². The van der Waals surface area contributed by atoms with E-state index in [1.165, 1.54) is 37.4 Å². The summed E-state index contributed by atoms with van der Waals surface area (Å²) in [5, 5.41) is 0. The lowest BCUT2D eigenvalue weighted by Gasteiger charge is -2.20. The molecule has 2 aliphatic heterocycles. The Hall–Kier alpha value is -5.05. The minimum absolute atomic E-state index is 0.0273. The molecule has 0 radical (unpaired) electrons. The number of fused-ring (bicyclic) bond motifs is 2. The lowest BCUT2D eigenvalue weighted by atomic mass is 9.94. The minimum Gasteiger partial charge on any atom is -0.277 e. The summed E-state index contributed by atoms with van der Waals surface area (Å²) >= 11 is 0. The summed E-state index contributed by atoms with van der Waals surface area (Å²) in [6.45, 7) is 3.58. The summed E-state index contributed by atoms with van der Waals surface area (Å²) in [5.74, 6) is -2.36. The van der Waals surface area contributed by atoms with Crippen molar-refractivity contribution in [2.75, 3.05) is 11.9 Å².